The first-order chi connectivity index (χ1) is 15.5. The smallest absolute Gasteiger partial charge is 0.171 e. The van der Waals surface area contributed by atoms with E-state index in [9.17, 15) is 0 Å². The Balaban J connectivity index is 1.46. The van der Waals surface area contributed by atoms with Crippen LogP contribution in [0.25, 0.3) is 22.0 Å². The molecule has 2 heterocycles. The predicted octanol–water partition coefficient (Wildman–Crippen LogP) is 6.94. The molecule has 0 N–H and O–H groups in total. The highest BCUT2D eigenvalue weighted by molar-refractivity contribution is 8.00. The standard InChI is InChI=1S/C25H21Cl2N3OS/c1-15-6-9-17(10-7-15)32-25-23(31-14-28-25)13-22-20-5-3-4-19(24(20)29-30(22)2)18-11-8-16(26)12-21(18)27/h3-12,14,23,25H,13H2,1-2H3. The van der Waals surface area contributed by atoms with Crippen molar-refractivity contribution >= 4 is 52.3 Å². The minimum atomic E-state index is -0.0670. The molecular weight excluding hydrogens is 461 g/mol. The number of hydrogen-bond donors (Lipinski definition) is 0. The Kier molecular flexibility index (Phi) is 5.89. The Morgan fingerprint density at radius 1 is 1.03 bits per heavy atom. The van der Waals surface area contributed by atoms with Gasteiger partial charge in [0.2, 0.25) is 0 Å². The van der Waals surface area contributed by atoms with Crippen LogP contribution in [0.5, 0.6) is 0 Å². The van der Waals surface area contributed by atoms with Gasteiger partial charge in [-0.05, 0) is 31.2 Å². The van der Waals surface area contributed by atoms with Crippen LogP contribution >= 0.6 is 35.0 Å². The van der Waals surface area contributed by atoms with E-state index >= 15 is 0 Å². The summed E-state index contributed by atoms with van der Waals surface area (Å²) in [5.74, 6) is 0. The van der Waals surface area contributed by atoms with Crippen LogP contribution in [-0.4, -0.2) is 27.7 Å². The topological polar surface area (TPSA) is 39.4 Å². The number of rotatable bonds is 5. The van der Waals surface area contributed by atoms with Gasteiger partial charge in [0.25, 0.3) is 0 Å². The van der Waals surface area contributed by atoms with Crippen LogP contribution in [0.2, 0.25) is 10.0 Å². The van der Waals surface area contributed by atoms with E-state index in [1.54, 1.807) is 24.2 Å². The van der Waals surface area contributed by atoms with Crippen molar-refractivity contribution in [2.75, 3.05) is 0 Å². The normalized spacial score (nSPS) is 17.8. The van der Waals surface area contributed by atoms with E-state index in [-0.39, 0.29) is 11.5 Å². The third-order valence-electron chi connectivity index (χ3n) is 5.64. The number of benzene rings is 3. The monoisotopic (exact) mass is 481 g/mol. The minimum absolute atomic E-state index is 0.00320. The molecular formula is C25H21Cl2N3OS. The first kappa shape index (κ1) is 21.4. The second-order valence-corrected chi connectivity index (χ2v) is 9.88. The molecule has 0 saturated carbocycles. The highest BCUT2D eigenvalue weighted by atomic mass is 35.5. The van der Waals surface area contributed by atoms with Crippen molar-refractivity contribution in [2.24, 2.45) is 12.0 Å². The summed E-state index contributed by atoms with van der Waals surface area (Å²) < 4.78 is 7.83. The molecule has 162 valence electrons. The maximum absolute atomic E-state index is 6.50. The third-order valence-corrected chi connectivity index (χ3v) is 7.40. The molecule has 0 aliphatic carbocycles. The lowest BCUT2D eigenvalue weighted by Crippen LogP contribution is -2.23. The van der Waals surface area contributed by atoms with Crippen LogP contribution in [0.4, 0.5) is 0 Å². The highest BCUT2D eigenvalue weighted by Crippen LogP contribution is 2.37. The molecule has 0 spiro atoms. The maximum atomic E-state index is 6.50. The minimum Gasteiger partial charge on any atom is -0.477 e. The van der Waals surface area contributed by atoms with Gasteiger partial charge < -0.3 is 4.74 Å². The van der Waals surface area contributed by atoms with Gasteiger partial charge in [-0.25, -0.2) is 4.99 Å². The van der Waals surface area contributed by atoms with E-state index in [0.717, 1.165) is 27.7 Å². The largest absolute Gasteiger partial charge is 0.477 e. The van der Waals surface area contributed by atoms with Gasteiger partial charge in [0, 0.05) is 50.6 Å². The van der Waals surface area contributed by atoms with Crippen molar-refractivity contribution in [1.29, 1.82) is 0 Å². The molecule has 0 amide bonds. The third kappa shape index (κ3) is 4.13. The molecule has 0 fully saturated rings. The Hall–Kier alpha value is -2.47. The van der Waals surface area contributed by atoms with Crippen molar-refractivity contribution in [3.05, 3.63) is 82.0 Å². The average Bonchev–Trinajstić information content (AvgIpc) is 3.34. The average molecular weight is 482 g/mol. The van der Waals surface area contributed by atoms with Gasteiger partial charge in [-0.3, -0.25) is 4.68 Å². The van der Waals surface area contributed by atoms with Crippen LogP contribution in [-0.2, 0) is 18.2 Å². The summed E-state index contributed by atoms with van der Waals surface area (Å²) in [6, 6.07) is 20.2. The molecule has 0 saturated heterocycles. The van der Waals surface area contributed by atoms with Crippen LogP contribution in [0.3, 0.4) is 0 Å². The molecule has 2 unspecified atom stereocenters. The maximum Gasteiger partial charge on any atom is 0.171 e. The fourth-order valence-corrected chi connectivity index (χ4v) is 5.48. The van der Waals surface area contributed by atoms with Gasteiger partial charge in [-0.2, -0.15) is 5.10 Å². The number of fused-ring (bicyclic) bond motifs is 1. The van der Waals surface area contributed by atoms with Crippen LogP contribution in [0.1, 0.15) is 11.3 Å². The van der Waals surface area contributed by atoms with Crippen molar-refractivity contribution in [1.82, 2.24) is 9.78 Å². The Bertz CT molecular complexity index is 1320. The second-order valence-electron chi connectivity index (χ2n) is 7.85. The first-order valence-corrected chi connectivity index (χ1v) is 11.9. The molecule has 4 nitrogen and oxygen atoms in total. The fourth-order valence-electron chi connectivity index (χ4n) is 3.97. The van der Waals surface area contributed by atoms with Crippen molar-refractivity contribution < 1.29 is 4.74 Å². The van der Waals surface area contributed by atoms with Gasteiger partial charge in [-0.15, -0.1) is 0 Å². The van der Waals surface area contributed by atoms with E-state index in [2.05, 4.69) is 42.2 Å². The number of halogens is 2. The summed E-state index contributed by atoms with van der Waals surface area (Å²) in [4.78, 5) is 5.75. The number of thioether (sulfide) groups is 1. The number of aryl methyl sites for hydroxylation is 2. The van der Waals surface area contributed by atoms with Crippen LogP contribution in [0, 0.1) is 6.92 Å². The van der Waals surface area contributed by atoms with Gasteiger partial charge in [0.15, 0.2) is 6.40 Å². The molecule has 7 heteroatoms. The summed E-state index contributed by atoms with van der Waals surface area (Å²) in [6.07, 6.45) is 2.21. The van der Waals surface area contributed by atoms with Crippen molar-refractivity contribution in [3.8, 4) is 11.1 Å². The van der Waals surface area contributed by atoms with Gasteiger partial charge in [0.05, 0.1) is 0 Å². The zero-order valence-corrected chi connectivity index (χ0v) is 20.0. The Morgan fingerprint density at radius 2 is 1.84 bits per heavy atom. The molecule has 1 aromatic heterocycles. The lowest BCUT2D eigenvalue weighted by Gasteiger charge is -2.17. The number of aliphatic imine (C=N–C) groups is 1. The quantitative estimate of drug-likeness (QED) is 0.309. The summed E-state index contributed by atoms with van der Waals surface area (Å²) >= 11 is 14.3. The lowest BCUT2D eigenvalue weighted by atomic mass is 10.0. The fraction of sp³-hybridized carbons (Fsp3) is 0.200. The van der Waals surface area contributed by atoms with E-state index in [1.165, 1.54) is 10.5 Å². The van der Waals surface area contributed by atoms with Gasteiger partial charge in [0.1, 0.15) is 17.0 Å². The molecule has 1 aliphatic rings. The number of aromatic nitrogens is 2. The van der Waals surface area contributed by atoms with E-state index in [1.807, 2.05) is 36.0 Å². The molecule has 1 aliphatic heterocycles. The van der Waals surface area contributed by atoms with Crippen LogP contribution in [0.15, 0.2) is 70.6 Å². The van der Waals surface area contributed by atoms with Crippen molar-refractivity contribution in [2.45, 2.75) is 29.7 Å². The van der Waals surface area contributed by atoms with E-state index < -0.39 is 0 Å². The molecule has 3 aromatic carbocycles. The molecule has 0 radical (unpaired) electrons. The molecule has 4 aromatic rings. The number of ether oxygens (including phenoxy) is 1. The zero-order chi connectivity index (χ0) is 22.2. The van der Waals surface area contributed by atoms with E-state index in [0.29, 0.717) is 16.5 Å². The van der Waals surface area contributed by atoms with E-state index in [4.69, 9.17) is 33.0 Å². The van der Waals surface area contributed by atoms with Crippen molar-refractivity contribution in [3.63, 3.8) is 0 Å². The lowest BCUT2D eigenvalue weighted by molar-refractivity contribution is 0.223. The summed E-state index contributed by atoms with van der Waals surface area (Å²) in [7, 11) is 1.97. The molecule has 32 heavy (non-hydrogen) atoms. The van der Waals surface area contributed by atoms with Gasteiger partial charge in [-0.1, -0.05) is 76.9 Å². The summed E-state index contributed by atoms with van der Waals surface area (Å²) in [5, 5.41) is 7.15. The number of hydrogen-bond acceptors (Lipinski definition) is 4. The van der Waals surface area contributed by atoms with Gasteiger partial charge >= 0.3 is 0 Å². The van der Waals surface area contributed by atoms with Crippen LogP contribution < -0.4 is 0 Å². The Morgan fingerprint density at radius 3 is 2.62 bits per heavy atom. The molecule has 5 rings (SSSR count). The first-order valence-electron chi connectivity index (χ1n) is 10.3. The zero-order valence-electron chi connectivity index (χ0n) is 17.6. The number of nitrogens with zero attached hydrogens (tertiary/aromatic N) is 3. The SMILES string of the molecule is Cc1ccc(SC2N=COC2Cc2c3cccc(-c4ccc(Cl)cc4Cl)c3nn2C)cc1. The highest BCUT2D eigenvalue weighted by Gasteiger charge is 2.29. The predicted molar refractivity (Wildman–Crippen MR) is 134 cm³/mol. The summed E-state index contributed by atoms with van der Waals surface area (Å²) in [5.41, 5.74) is 5.17. The molecule has 0 bridgehead atoms. The summed E-state index contributed by atoms with van der Waals surface area (Å²) in [6.45, 7) is 2.09. The second kappa shape index (κ2) is 8.81. The molecule has 2 atom stereocenters. The Labute approximate surface area is 201 Å².